The maximum absolute atomic E-state index is 12.4. The van der Waals surface area contributed by atoms with Crippen LogP contribution in [-0.2, 0) is 20.4 Å². The summed E-state index contributed by atoms with van der Waals surface area (Å²) in [5.41, 5.74) is 1.16. The van der Waals surface area contributed by atoms with Gasteiger partial charge in [-0.3, -0.25) is 0 Å². The minimum atomic E-state index is -2.46. The summed E-state index contributed by atoms with van der Waals surface area (Å²) in [7, 11) is -2.59. The second kappa shape index (κ2) is 5.64. The molecule has 0 bridgehead atoms. The van der Waals surface area contributed by atoms with Crippen LogP contribution in [0.3, 0.4) is 0 Å². The summed E-state index contributed by atoms with van der Waals surface area (Å²) in [6, 6.07) is 7.62. The highest BCUT2D eigenvalue weighted by Crippen LogP contribution is 2.14. The third kappa shape index (κ3) is 3.46. The Kier molecular flexibility index (Phi) is 4.74. The summed E-state index contributed by atoms with van der Waals surface area (Å²) in [4.78, 5) is 0.734. The molecule has 0 aliphatic carbocycles. The van der Waals surface area contributed by atoms with E-state index in [4.69, 9.17) is 0 Å². The molecule has 1 aromatic rings. The maximum Gasteiger partial charge on any atom is 0.1000 e. The van der Waals surface area contributed by atoms with Crippen LogP contribution in [0.25, 0.3) is 0 Å². The van der Waals surface area contributed by atoms with Gasteiger partial charge in [-0.05, 0) is 24.9 Å². The van der Waals surface area contributed by atoms with E-state index in [-0.39, 0.29) is 10.7 Å². The molecule has 1 rings (SSSR count). The van der Waals surface area contributed by atoms with Crippen LogP contribution >= 0.6 is 0 Å². The molecule has 90 valence electrons. The van der Waals surface area contributed by atoms with Crippen LogP contribution in [0.1, 0.15) is 19.4 Å². The lowest BCUT2D eigenvalue weighted by Crippen LogP contribution is -2.03. The third-order valence-corrected chi connectivity index (χ3v) is 6.43. The van der Waals surface area contributed by atoms with Gasteiger partial charge in [0, 0.05) is 11.5 Å². The summed E-state index contributed by atoms with van der Waals surface area (Å²) >= 11 is 0. The zero-order chi connectivity index (χ0) is 12.2. The Bertz CT molecular complexity index is 466. The number of benzene rings is 1. The van der Waals surface area contributed by atoms with E-state index in [0.29, 0.717) is 0 Å². The summed E-state index contributed by atoms with van der Waals surface area (Å²) in [5.74, 6) is 5.65. The molecule has 4 heteroatoms. The number of hydrogen-bond donors (Lipinski definition) is 0. The number of nitrogens with zero attached hydrogens (tertiary/aromatic N) is 1. The second-order valence-corrected chi connectivity index (χ2v) is 8.00. The van der Waals surface area contributed by atoms with E-state index in [1.807, 2.05) is 31.2 Å². The zero-order valence-corrected chi connectivity index (χ0v) is 11.7. The normalized spacial score (nSPS) is 14.8. The van der Waals surface area contributed by atoms with Crippen molar-refractivity contribution in [2.75, 3.05) is 11.5 Å². The highest BCUT2D eigenvalue weighted by atomic mass is 32.3. The number of rotatable bonds is 4. The summed E-state index contributed by atoms with van der Waals surface area (Å²) in [5, 5.41) is 0. The first-order chi connectivity index (χ1) is 7.49. The molecule has 16 heavy (non-hydrogen) atoms. The molecule has 0 heterocycles. The molecule has 0 saturated heterocycles. The molecule has 0 radical (unpaired) electrons. The Morgan fingerprint density at radius 3 is 2.19 bits per heavy atom. The van der Waals surface area contributed by atoms with E-state index < -0.39 is 9.71 Å². The van der Waals surface area contributed by atoms with Gasteiger partial charge in [0.15, 0.2) is 0 Å². The molecule has 0 spiro atoms. The van der Waals surface area contributed by atoms with Gasteiger partial charge in [0.05, 0.1) is 14.6 Å². The SMILES string of the molecule is C=S(=O)(N=S(CC)CC)c1ccc(C)cc1. The third-order valence-electron chi connectivity index (χ3n) is 2.28. The highest BCUT2D eigenvalue weighted by Gasteiger charge is 2.06. The van der Waals surface area contributed by atoms with Gasteiger partial charge in [0.25, 0.3) is 0 Å². The Morgan fingerprint density at radius 1 is 1.25 bits per heavy atom. The van der Waals surface area contributed by atoms with Gasteiger partial charge < -0.3 is 0 Å². The highest BCUT2D eigenvalue weighted by molar-refractivity contribution is 8.05. The maximum atomic E-state index is 12.4. The van der Waals surface area contributed by atoms with Gasteiger partial charge >= 0.3 is 0 Å². The molecule has 0 aliphatic rings. The first-order valence-electron chi connectivity index (χ1n) is 5.34. The lowest BCUT2D eigenvalue weighted by atomic mass is 10.2. The minimum absolute atomic E-state index is 0.127. The fourth-order valence-corrected chi connectivity index (χ4v) is 4.79. The number of hydrogen-bond acceptors (Lipinski definition) is 1. The van der Waals surface area contributed by atoms with Gasteiger partial charge in [0.2, 0.25) is 0 Å². The second-order valence-electron chi connectivity index (χ2n) is 3.57. The van der Waals surface area contributed by atoms with Gasteiger partial charge in [0.1, 0.15) is 0 Å². The zero-order valence-electron chi connectivity index (χ0n) is 10.1. The van der Waals surface area contributed by atoms with Gasteiger partial charge in [-0.1, -0.05) is 42.2 Å². The average molecular weight is 257 g/mol. The van der Waals surface area contributed by atoms with E-state index in [1.54, 1.807) is 0 Å². The summed E-state index contributed by atoms with van der Waals surface area (Å²) < 4.78 is 16.7. The van der Waals surface area contributed by atoms with Crippen molar-refractivity contribution in [3.8, 4) is 0 Å². The van der Waals surface area contributed by atoms with Crippen molar-refractivity contribution in [3.05, 3.63) is 29.8 Å². The van der Waals surface area contributed by atoms with E-state index in [0.717, 1.165) is 22.0 Å². The van der Waals surface area contributed by atoms with E-state index >= 15 is 0 Å². The lowest BCUT2D eigenvalue weighted by Gasteiger charge is -2.07. The quantitative estimate of drug-likeness (QED) is 0.763. The van der Waals surface area contributed by atoms with Crippen LogP contribution in [-0.4, -0.2) is 21.6 Å². The largest absolute Gasteiger partial charge is 0.240 e. The van der Waals surface area contributed by atoms with Crippen LogP contribution in [0.15, 0.2) is 32.9 Å². The molecule has 0 saturated carbocycles. The van der Waals surface area contributed by atoms with Crippen molar-refractivity contribution in [2.45, 2.75) is 25.7 Å². The van der Waals surface area contributed by atoms with Crippen molar-refractivity contribution >= 4 is 26.3 Å². The van der Waals surface area contributed by atoms with Crippen molar-refractivity contribution < 1.29 is 4.21 Å². The molecule has 2 nitrogen and oxygen atoms in total. The summed E-state index contributed by atoms with van der Waals surface area (Å²) in [6.07, 6.45) is 0. The average Bonchev–Trinajstić information content (AvgIpc) is 2.26. The van der Waals surface area contributed by atoms with Crippen LogP contribution in [0.2, 0.25) is 0 Å². The van der Waals surface area contributed by atoms with E-state index in [9.17, 15) is 4.21 Å². The minimum Gasteiger partial charge on any atom is -0.240 e. The standard InChI is InChI=1S/C12H19NOS2/c1-5-15(6-2)13-16(4,14)12-9-7-11(3)8-10-12/h7-10H,4-6H2,1-3H3. The van der Waals surface area contributed by atoms with E-state index in [1.165, 1.54) is 0 Å². The Labute approximate surface area is 101 Å². The van der Waals surface area contributed by atoms with Gasteiger partial charge in [-0.25, -0.2) is 4.21 Å². The molecule has 0 fully saturated rings. The van der Waals surface area contributed by atoms with Crippen molar-refractivity contribution in [2.24, 2.45) is 3.77 Å². The predicted octanol–water partition coefficient (Wildman–Crippen LogP) is 2.83. The van der Waals surface area contributed by atoms with Crippen LogP contribution in [0, 0.1) is 6.92 Å². The fourth-order valence-electron chi connectivity index (χ4n) is 1.27. The molecule has 1 atom stereocenters. The lowest BCUT2D eigenvalue weighted by molar-refractivity contribution is 0.683. The Morgan fingerprint density at radius 2 is 1.75 bits per heavy atom. The smallest absolute Gasteiger partial charge is 0.1000 e. The van der Waals surface area contributed by atoms with Crippen molar-refractivity contribution in [1.29, 1.82) is 0 Å². The van der Waals surface area contributed by atoms with Crippen LogP contribution < -0.4 is 0 Å². The molecule has 1 unspecified atom stereocenters. The monoisotopic (exact) mass is 257 g/mol. The topological polar surface area (TPSA) is 29.4 Å². The molecular formula is C12H19NOS2. The predicted molar refractivity (Wildman–Crippen MR) is 75.6 cm³/mol. The molecule has 0 amide bonds. The molecular weight excluding hydrogens is 238 g/mol. The van der Waals surface area contributed by atoms with Crippen LogP contribution in [0.5, 0.6) is 0 Å². The van der Waals surface area contributed by atoms with Gasteiger partial charge in [-0.2, -0.15) is 3.77 Å². The van der Waals surface area contributed by atoms with Crippen molar-refractivity contribution in [1.82, 2.24) is 0 Å². The Balaban J connectivity index is 3.12. The van der Waals surface area contributed by atoms with E-state index in [2.05, 4.69) is 23.5 Å². The first kappa shape index (κ1) is 13.5. The molecule has 0 N–H and O–H groups in total. The fraction of sp³-hybridized carbons (Fsp3) is 0.417. The first-order valence-corrected chi connectivity index (χ1v) is 8.54. The summed E-state index contributed by atoms with van der Waals surface area (Å²) in [6.45, 7) is 6.15. The molecule has 1 aromatic carbocycles. The van der Waals surface area contributed by atoms with Crippen LogP contribution in [0.4, 0.5) is 0 Å². The number of aryl methyl sites for hydroxylation is 1. The van der Waals surface area contributed by atoms with Crippen molar-refractivity contribution in [3.63, 3.8) is 0 Å². The molecule has 0 aromatic heterocycles. The van der Waals surface area contributed by atoms with Gasteiger partial charge in [-0.15, -0.1) is 0 Å². The molecule has 0 aliphatic heterocycles. The Hall–Kier alpha value is -0.610.